The monoisotopic (exact) mass is 391 g/mol. The highest BCUT2D eigenvalue weighted by Gasteiger charge is 2.40. The van der Waals surface area contributed by atoms with Gasteiger partial charge in [-0.25, -0.2) is 8.42 Å². The number of aromatic nitrogens is 2. The Balaban J connectivity index is 1.66. The molecule has 0 unspecified atom stereocenters. The molecule has 0 radical (unpaired) electrons. The van der Waals surface area contributed by atoms with Crippen LogP contribution in [-0.2, 0) is 10.0 Å². The molecule has 7 nitrogen and oxygen atoms in total. The van der Waals surface area contributed by atoms with Crippen molar-refractivity contribution in [3.63, 3.8) is 0 Å². The summed E-state index contributed by atoms with van der Waals surface area (Å²) >= 11 is 0. The molecule has 0 bridgehead atoms. The Bertz CT molecular complexity index is 872. The summed E-state index contributed by atoms with van der Waals surface area (Å²) in [6.07, 6.45) is -4.83. The van der Waals surface area contributed by atoms with Crippen LogP contribution in [0.4, 0.5) is 13.2 Å². The van der Waals surface area contributed by atoms with Gasteiger partial charge in [0, 0.05) is 19.0 Å². The summed E-state index contributed by atoms with van der Waals surface area (Å²) in [5.41, 5.74) is 0. The van der Waals surface area contributed by atoms with E-state index in [2.05, 4.69) is 14.9 Å². The van der Waals surface area contributed by atoms with Crippen LogP contribution in [-0.4, -0.2) is 42.3 Å². The van der Waals surface area contributed by atoms with E-state index >= 15 is 0 Å². The lowest BCUT2D eigenvalue weighted by Gasteiger charge is -2.35. The van der Waals surface area contributed by atoms with E-state index in [0.717, 1.165) is 24.3 Å². The third-order valence-electron chi connectivity index (χ3n) is 3.87. The van der Waals surface area contributed by atoms with E-state index < -0.39 is 22.1 Å². The van der Waals surface area contributed by atoms with E-state index in [9.17, 15) is 21.6 Å². The minimum Gasteiger partial charge on any atom is -0.406 e. The summed E-state index contributed by atoms with van der Waals surface area (Å²) in [4.78, 5) is 4.13. The Hall–Kier alpha value is -2.14. The largest absolute Gasteiger partial charge is 0.573 e. The number of nitrogens with zero attached hydrogens (tertiary/aromatic N) is 3. The minimum absolute atomic E-state index is 0.102. The highest BCUT2D eigenvalue weighted by Crippen LogP contribution is 2.32. The number of sulfonamides is 1. The molecule has 1 aliphatic heterocycles. The zero-order valence-corrected chi connectivity index (χ0v) is 14.7. The fourth-order valence-electron chi connectivity index (χ4n) is 2.40. The van der Waals surface area contributed by atoms with Crippen molar-refractivity contribution in [1.29, 1.82) is 0 Å². The number of hydrogen-bond acceptors (Lipinski definition) is 6. The summed E-state index contributed by atoms with van der Waals surface area (Å²) in [5, 5.41) is 3.84. The van der Waals surface area contributed by atoms with Crippen molar-refractivity contribution in [1.82, 2.24) is 14.4 Å². The third-order valence-corrected chi connectivity index (χ3v) is 5.71. The van der Waals surface area contributed by atoms with Crippen molar-refractivity contribution in [3.05, 3.63) is 36.0 Å². The fraction of sp³-hybridized carbons (Fsp3) is 0.467. The standard InChI is InChI=1S/C15H16F3N3O4S/c1-9(2)13-19-14(25-20-13)10-7-21(8-10)26(22,23)12-5-3-11(4-6-12)24-15(16,17)18/h3-6,9-10H,7-8H2,1-2H3. The van der Waals surface area contributed by atoms with Gasteiger partial charge in [0.1, 0.15) is 5.75 Å². The molecule has 1 saturated heterocycles. The molecule has 0 atom stereocenters. The second kappa shape index (κ2) is 6.54. The average Bonchev–Trinajstić information content (AvgIpc) is 2.94. The highest BCUT2D eigenvalue weighted by atomic mass is 32.2. The summed E-state index contributed by atoms with van der Waals surface area (Å²) < 4.78 is 71.5. The molecule has 11 heteroatoms. The molecule has 3 rings (SSSR count). The van der Waals surface area contributed by atoms with Gasteiger partial charge in [0.25, 0.3) is 0 Å². The van der Waals surface area contributed by atoms with Gasteiger partial charge in [-0.3, -0.25) is 0 Å². The van der Waals surface area contributed by atoms with Crippen molar-refractivity contribution >= 4 is 10.0 Å². The van der Waals surface area contributed by atoms with Crippen LogP contribution in [0.1, 0.15) is 37.4 Å². The van der Waals surface area contributed by atoms with Gasteiger partial charge >= 0.3 is 6.36 Å². The number of ether oxygens (including phenoxy) is 1. The molecule has 2 heterocycles. The summed E-state index contributed by atoms with van der Waals surface area (Å²) in [5.74, 6) is 0.364. The van der Waals surface area contributed by atoms with Crippen molar-refractivity contribution in [2.45, 2.75) is 36.9 Å². The molecular weight excluding hydrogens is 375 g/mol. The quantitative estimate of drug-likeness (QED) is 0.779. The maximum Gasteiger partial charge on any atom is 0.573 e. The number of hydrogen-bond donors (Lipinski definition) is 0. The van der Waals surface area contributed by atoms with E-state index in [4.69, 9.17) is 4.52 Å². The van der Waals surface area contributed by atoms with Crippen molar-refractivity contribution in [2.75, 3.05) is 13.1 Å². The molecule has 26 heavy (non-hydrogen) atoms. The second-order valence-electron chi connectivity index (χ2n) is 6.18. The Morgan fingerprint density at radius 2 is 1.85 bits per heavy atom. The van der Waals surface area contributed by atoms with Crippen molar-refractivity contribution in [3.8, 4) is 5.75 Å². The predicted molar refractivity (Wildman–Crippen MR) is 83.0 cm³/mol. The first-order chi connectivity index (χ1) is 12.1. The number of alkyl halides is 3. The molecule has 1 fully saturated rings. The Morgan fingerprint density at radius 1 is 1.23 bits per heavy atom. The lowest BCUT2D eigenvalue weighted by atomic mass is 10.0. The zero-order chi connectivity index (χ0) is 19.1. The van der Waals surface area contributed by atoms with Gasteiger partial charge in [-0.05, 0) is 24.3 Å². The van der Waals surface area contributed by atoms with E-state index in [1.165, 1.54) is 4.31 Å². The molecule has 0 amide bonds. The second-order valence-corrected chi connectivity index (χ2v) is 8.12. The Labute approximate surface area is 147 Å². The van der Waals surface area contributed by atoms with Crippen LogP contribution < -0.4 is 4.74 Å². The molecule has 1 aromatic heterocycles. The lowest BCUT2D eigenvalue weighted by molar-refractivity contribution is -0.274. The van der Waals surface area contributed by atoms with E-state index in [-0.39, 0.29) is 29.8 Å². The first kappa shape index (κ1) is 18.6. The molecule has 1 aliphatic rings. The average molecular weight is 391 g/mol. The summed E-state index contributed by atoms with van der Waals surface area (Å²) in [7, 11) is -3.81. The summed E-state index contributed by atoms with van der Waals surface area (Å²) in [6, 6.07) is 4.08. The van der Waals surface area contributed by atoms with Crippen LogP contribution in [0.15, 0.2) is 33.7 Å². The predicted octanol–water partition coefficient (Wildman–Crippen LogP) is 2.88. The topological polar surface area (TPSA) is 85.5 Å². The molecule has 1 aromatic carbocycles. The number of benzene rings is 1. The molecule has 0 aliphatic carbocycles. The fourth-order valence-corrected chi connectivity index (χ4v) is 3.93. The van der Waals surface area contributed by atoms with E-state index in [1.807, 2.05) is 13.8 Å². The molecular formula is C15H16F3N3O4S. The van der Waals surface area contributed by atoms with E-state index in [1.54, 1.807) is 0 Å². The van der Waals surface area contributed by atoms with Gasteiger partial charge in [-0.2, -0.15) is 9.29 Å². The highest BCUT2D eigenvalue weighted by molar-refractivity contribution is 7.89. The van der Waals surface area contributed by atoms with E-state index in [0.29, 0.717) is 11.7 Å². The number of rotatable bonds is 5. The van der Waals surface area contributed by atoms with Crippen LogP contribution in [0.3, 0.4) is 0 Å². The lowest BCUT2D eigenvalue weighted by Crippen LogP contribution is -2.48. The molecule has 2 aromatic rings. The molecule has 0 N–H and O–H groups in total. The summed E-state index contributed by atoms with van der Waals surface area (Å²) in [6.45, 7) is 4.17. The van der Waals surface area contributed by atoms with Gasteiger partial charge < -0.3 is 9.26 Å². The van der Waals surface area contributed by atoms with Gasteiger partial charge in [-0.1, -0.05) is 19.0 Å². The van der Waals surface area contributed by atoms with Crippen molar-refractivity contribution in [2.24, 2.45) is 0 Å². The first-order valence-corrected chi connectivity index (χ1v) is 9.20. The number of halogens is 3. The van der Waals surface area contributed by atoms with Gasteiger partial charge in [0.2, 0.25) is 15.9 Å². The normalized spacial score (nSPS) is 16.7. The first-order valence-electron chi connectivity index (χ1n) is 7.76. The zero-order valence-electron chi connectivity index (χ0n) is 13.9. The molecule has 0 spiro atoms. The van der Waals surface area contributed by atoms with Crippen LogP contribution in [0.5, 0.6) is 5.75 Å². The van der Waals surface area contributed by atoms with Crippen LogP contribution in [0.2, 0.25) is 0 Å². The van der Waals surface area contributed by atoms with Crippen LogP contribution >= 0.6 is 0 Å². The maximum absolute atomic E-state index is 12.5. The molecule has 0 saturated carbocycles. The smallest absolute Gasteiger partial charge is 0.406 e. The van der Waals surface area contributed by atoms with Crippen LogP contribution in [0, 0.1) is 0 Å². The third kappa shape index (κ3) is 3.83. The van der Waals surface area contributed by atoms with Gasteiger partial charge in [0.05, 0.1) is 10.8 Å². The van der Waals surface area contributed by atoms with Gasteiger partial charge in [0.15, 0.2) is 5.82 Å². The van der Waals surface area contributed by atoms with Crippen molar-refractivity contribution < 1.29 is 30.8 Å². The van der Waals surface area contributed by atoms with Gasteiger partial charge in [-0.15, -0.1) is 13.2 Å². The SMILES string of the molecule is CC(C)c1noc(C2CN(S(=O)(=O)c3ccc(OC(F)(F)F)cc3)C2)n1. The minimum atomic E-state index is -4.83. The Kier molecular flexibility index (Phi) is 4.69. The molecule has 142 valence electrons. The Morgan fingerprint density at radius 3 is 2.35 bits per heavy atom. The maximum atomic E-state index is 12.5. The van der Waals surface area contributed by atoms with Crippen LogP contribution in [0.25, 0.3) is 0 Å².